The normalized spacial score (nSPS) is 11.0. The average Bonchev–Trinajstić information content (AvgIpc) is 3.45. The van der Waals surface area contributed by atoms with Crippen molar-refractivity contribution >= 4 is 38.5 Å². The Labute approximate surface area is 169 Å². The van der Waals surface area contributed by atoms with Crippen LogP contribution in [0.1, 0.15) is 0 Å². The fourth-order valence-electron chi connectivity index (χ4n) is 3.07. The van der Waals surface area contributed by atoms with Gasteiger partial charge in [-0.05, 0) is 24.3 Å². The highest BCUT2D eigenvalue weighted by Gasteiger charge is 2.19. The summed E-state index contributed by atoms with van der Waals surface area (Å²) in [5.74, 6) is 0.831. The van der Waals surface area contributed by atoms with Crippen LogP contribution in [-0.2, 0) is 0 Å². The van der Waals surface area contributed by atoms with Gasteiger partial charge in [0, 0.05) is 28.2 Å². The molecule has 7 heteroatoms. The van der Waals surface area contributed by atoms with Crippen molar-refractivity contribution in [1.82, 2.24) is 14.4 Å². The van der Waals surface area contributed by atoms with Crippen LogP contribution >= 0.6 is 22.7 Å². The molecule has 0 radical (unpaired) electrons. The Morgan fingerprint density at radius 3 is 2.57 bits per heavy atom. The molecule has 28 heavy (non-hydrogen) atoms. The number of ether oxygens (including phenoxy) is 1. The van der Waals surface area contributed by atoms with Gasteiger partial charge in [-0.15, -0.1) is 22.7 Å². The minimum atomic E-state index is 0.831. The van der Waals surface area contributed by atoms with E-state index in [1.807, 2.05) is 54.0 Å². The molecule has 5 rings (SSSR count). The standard InChI is InChI=1S/C21H16N4OS2/c1-26-16-9-7-15(8-10-16)22-20-23-17(13-28-20)19-18(14-5-3-2-4-6-14)24-21-25(19)11-12-27-21/h2-13H,1H3,(H,22,23). The molecule has 0 amide bonds. The number of nitrogens with zero attached hydrogens (tertiary/aromatic N) is 3. The first-order chi connectivity index (χ1) is 13.8. The van der Waals surface area contributed by atoms with Gasteiger partial charge in [-0.3, -0.25) is 4.40 Å². The number of rotatable bonds is 5. The largest absolute Gasteiger partial charge is 0.497 e. The first-order valence-electron chi connectivity index (χ1n) is 8.70. The second kappa shape index (κ2) is 7.10. The van der Waals surface area contributed by atoms with E-state index in [0.717, 1.165) is 44.2 Å². The molecule has 3 heterocycles. The lowest BCUT2D eigenvalue weighted by Gasteiger charge is -2.04. The number of imidazole rings is 1. The number of nitrogens with one attached hydrogen (secondary N) is 1. The zero-order chi connectivity index (χ0) is 18.9. The molecule has 0 bridgehead atoms. The molecular weight excluding hydrogens is 388 g/mol. The number of anilines is 2. The predicted molar refractivity (Wildman–Crippen MR) is 116 cm³/mol. The number of methoxy groups -OCH3 is 1. The van der Waals surface area contributed by atoms with Gasteiger partial charge in [-0.25, -0.2) is 9.97 Å². The topological polar surface area (TPSA) is 51.5 Å². The van der Waals surface area contributed by atoms with Gasteiger partial charge >= 0.3 is 0 Å². The molecule has 0 aliphatic heterocycles. The Balaban J connectivity index is 1.53. The van der Waals surface area contributed by atoms with Gasteiger partial charge in [0.05, 0.1) is 12.8 Å². The maximum absolute atomic E-state index is 5.21. The van der Waals surface area contributed by atoms with Crippen LogP contribution < -0.4 is 10.1 Å². The van der Waals surface area contributed by atoms with Crippen LogP contribution in [0.25, 0.3) is 27.6 Å². The van der Waals surface area contributed by atoms with Crippen molar-refractivity contribution in [2.75, 3.05) is 12.4 Å². The zero-order valence-corrected chi connectivity index (χ0v) is 16.6. The van der Waals surface area contributed by atoms with Gasteiger partial charge in [-0.1, -0.05) is 30.3 Å². The Kier molecular flexibility index (Phi) is 4.31. The molecule has 0 aliphatic carbocycles. The molecule has 0 atom stereocenters. The quantitative estimate of drug-likeness (QED) is 0.394. The summed E-state index contributed by atoms with van der Waals surface area (Å²) in [5, 5.41) is 8.31. The summed E-state index contributed by atoms with van der Waals surface area (Å²) in [6, 6.07) is 18.1. The van der Waals surface area contributed by atoms with Crippen LogP contribution in [0.15, 0.2) is 71.6 Å². The lowest BCUT2D eigenvalue weighted by molar-refractivity contribution is 0.415. The van der Waals surface area contributed by atoms with E-state index in [1.165, 1.54) is 0 Å². The van der Waals surface area contributed by atoms with Gasteiger partial charge in [0.15, 0.2) is 10.1 Å². The van der Waals surface area contributed by atoms with Gasteiger partial charge < -0.3 is 10.1 Å². The van der Waals surface area contributed by atoms with Crippen molar-refractivity contribution in [3.8, 4) is 28.4 Å². The van der Waals surface area contributed by atoms with E-state index in [-0.39, 0.29) is 0 Å². The number of benzene rings is 2. The average molecular weight is 405 g/mol. The van der Waals surface area contributed by atoms with E-state index in [1.54, 1.807) is 29.8 Å². The number of fused-ring (bicyclic) bond motifs is 1. The molecule has 5 nitrogen and oxygen atoms in total. The third kappa shape index (κ3) is 3.04. The molecule has 5 aromatic rings. The summed E-state index contributed by atoms with van der Waals surface area (Å²) in [7, 11) is 1.66. The molecule has 1 N–H and O–H groups in total. The highest BCUT2D eigenvalue weighted by molar-refractivity contribution is 7.15. The highest BCUT2D eigenvalue weighted by Crippen LogP contribution is 2.36. The summed E-state index contributed by atoms with van der Waals surface area (Å²) in [6.07, 6.45) is 2.05. The van der Waals surface area contributed by atoms with Crippen LogP contribution in [0.5, 0.6) is 5.75 Å². The van der Waals surface area contributed by atoms with E-state index in [4.69, 9.17) is 14.7 Å². The monoisotopic (exact) mass is 404 g/mol. The fourth-order valence-corrected chi connectivity index (χ4v) is 4.49. The molecule has 138 valence electrons. The maximum atomic E-state index is 5.21. The molecule has 0 fully saturated rings. The van der Waals surface area contributed by atoms with Crippen LogP contribution in [0.2, 0.25) is 0 Å². The number of thiazole rings is 2. The first kappa shape index (κ1) is 17.0. The molecular formula is C21H16N4OS2. The van der Waals surface area contributed by atoms with Gasteiger partial charge in [-0.2, -0.15) is 0 Å². The molecule has 2 aromatic carbocycles. The summed E-state index contributed by atoms with van der Waals surface area (Å²) in [5.41, 5.74) is 4.94. The summed E-state index contributed by atoms with van der Waals surface area (Å²) >= 11 is 3.20. The Morgan fingerprint density at radius 2 is 1.79 bits per heavy atom. The lowest BCUT2D eigenvalue weighted by Crippen LogP contribution is -1.91. The zero-order valence-electron chi connectivity index (χ0n) is 15.0. The third-order valence-corrected chi connectivity index (χ3v) is 5.91. The van der Waals surface area contributed by atoms with E-state index in [2.05, 4.69) is 27.2 Å². The van der Waals surface area contributed by atoms with Crippen LogP contribution in [0.3, 0.4) is 0 Å². The van der Waals surface area contributed by atoms with Crippen molar-refractivity contribution in [2.45, 2.75) is 0 Å². The van der Waals surface area contributed by atoms with Crippen LogP contribution in [0, 0.1) is 0 Å². The lowest BCUT2D eigenvalue weighted by atomic mass is 10.1. The molecule has 0 unspecified atom stereocenters. The Bertz CT molecular complexity index is 1220. The van der Waals surface area contributed by atoms with Gasteiger partial charge in [0.1, 0.15) is 17.1 Å². The second-order valence-corrected chi connectivity index (χ2v) is 7.85. The minimum Gasteiger partial charge on any atom is -0.497 e. The van der Waals surface area contributed by atoms with Gasteiger partial charge in [0.25, 0.3) is 0 Å². The maximum Gasteiger partial charge on any atom is 0.194 e. The van der Waals surface area contributed by atoms with E-state index in [9.17, 15) is 0 Å². The van der Waals surface area contributed by atoms with Crippen LogP contribution in [-0.4, -0.2) is 21.5 Å². The van der Waals surface area contributed by atoms with Crippen LogP contribution in [0.4, 0.5) is 10.8 Å². The summed E-state index contributed by atoms with van der Waals surface area (Å²) < 4.78 is 7.32. The number of hydrogen-bond acceptors (Lipinski definition) is 6. The molecule has 0 spiro atoms. The number of hydrogen-bond donors (Lipinski definition) is 1. The Morgan fingerprint density at radius 1 is 0.964 bits per heavy atom. The third-order valence-electron chi connectivity index (χ3n) is 4.40. The minimum absolute atomic E-state index is 0.831. The van der Waals surface area contributed by atoms with E-state index < -0.39 is 0 Å². The highest BCUT2D eigenvalue weighted by atomic mass is 32.1. The van der Waals surface area contributed by atoms with E-state index >= 15 is 0 Å². The fraction of sp³-hybridized carbons (Fsp3) is 0.0476. The van der Waals surface area contributed by atoms with E-state index in [0.29, 0.717) is 0 Å². The summed E-state index contributed by atoms with van der Waals surface area (Å²) in [6.45, 7) is 0. The Hall–Kier alpha value is -3.16. The second-order valence-electron chi connectivity index (χ2n) is 6.12. The van der Waals surface area contributed by atoms with Crippen molar-refractivity contribution in [2.24, 2.45) is 0 Å². The molecule has 0 aliphatic rings. The predicted octanol–water partition coefficient (Wildman–Crippen LogP) is 5.94. The molecule has 0 saturated carbocycles. The smallest absolute Gasteiger partial charge is 0.194 e. The van der Waals surface area contributed by atoms with Crippen molar-refractivity contribution in [1.29, 1.82) is 0 Å². The van der Waals surface area contributed by atoms with Crippen molar-refractivity contribution in [3.05, 3.63) is 71.6 Å². The molecule has 0 saturated heterocycles. The SMILES string of the molecule is COc1ccc(Nc2nc(-c3c(-c4ccccc4)nc4sccn34)cs2)cc1. The first-order valence-corrected chi connectivity index (χ1v) is 10.5. The number of aromatic nitrogens is 3. The van der Waals surface area contributed by atoms with Crippen molar-refractivity contribution in [3.63, 3.8) is 0 Å². The van der Waals surface area contributed by atoms with Gasteiger partial charge in [0.2, 0.25) is 0 Å². The summed E-state index contributed by atoms with van der Waals surface area (Å²) in [4.78, 5) is 10.6. The molecule has 3 aromatic heterocycles. The van der Waals surface area contributed by atoms with Crippen molar-refractivity contribution < 1.29 is 4.74 Å².